The van der Waals surface area contributed by atoms with Crippen LogP contribution < -0.4 is 20.7 Å². The summed E-state index contributed by atoms with van der Waals surface area (Å²) in [4.78, 5) is 0. The Bertz CT molecular complexity index is 1840. The predicted octanol–water partition coefficient (Wildman–Crippen LogP) is 5.33. The molecule has 0 amide bonds. The smallest absolute Gasteiger partial charge is 0.407 e. The molecule has 7 rings (SSSR count). The molecule has 0 saturated carbocycles. The van der Waals surface area contributed by atoms with Crippen LogP contribution in [0, 0.1) is 20.8 Å². The first-order chi connectivity index (χ1) is 20.1. The average molecular weight is 583 g/mol. The third kappa shape index (κ3) is 4.10. The van der Waals surface area contributed by atoms with Crippen molar-refractivity contribution in [1.82, 2.24) is 0 Å². The zero-order valence-electron chi connectivity index (χ0n) is 23.3. The van der Waals surface area contributed by atoms with Gasteiger partial charge in [0.15, 0.2) is 0 Å². The molecule has 0 spiro atoms. The molecule has 3 nitrogen and oxygen atoms in total. The van der Waals surface area contributed by atoms with E-state index in [1.54, 1.807) is 0 Å². The summed E-state index contributed by atoms with van der Waals surface area (Å²) in [6, 6.07) is 44.8. The predicted molar refractivity (Wildman–Crippen MR) is 174 cm³/mol. The van der Waals surface area contributed by atoms with Crippen molar-refractivity contribution < 1.29 is 12.3 Å². The Balaban J connectivity index is 1.60. The second-order valence-electron chi connectivity index (χ2n) is 10.7. The molecule has 0 aromatic heterocycles. The van der Waals surface area contributed by atoms with Gasteiger partial charge in [-0.25, -0.2) is 0 Å². The lowest BCUT2D eigenvalue weighted by Gasteiger charge is -2.46. The van der Waals surface area contributed by atoms with E-state index in [1.807, 2.05) is 12.1 Å². The molecule has 6 heteroatoms. The van der Waals surface area contributed by atoms with Crippen molar-refractivity contribution in [1.29, 1.82) is 0 Å². The van der Waals surface area contributed by atoms with Crippen LogP contribution in [0.15, 0.2) is 127 Å². The van der Waals surface area contributed by atoms with Crippen molar-refractivity contribution in [2.24, 2.45) is 0 Å². The van der Waals surface area contributed by atoms with E-state index in [2.05, 4.69) is 136 Å². The Kier molecular flexibility index (Phi) is 6.62. The number of rotatable bonds is 4. The summed E-state index contributed by atoms with van der Waals surface area (Å²) in [7, 11) is -6.67. The van der Waals surface area contributed by atoms with Gasteiger partial charge >= 0.3 is 27.1 Å². The number of aryl methyl sites for hydroxylation is 1. The molecule has 1 unspecified atom stereocenters. The molecule has 2 radical (unpaired) electrons. The summed E-state index contributed by atoms with van der Waals surface area (Å²) in [5.41, 5.74) is 3.82. The van der Waals surface area contributed by atoms with Crippen LogP contribution >= 0.6 is 0 Å². The second kappa shape index (κ2) is 10.3. The van der Waals surface area contributed by atoms with Crippen LogP contribution in [0.25, 0.3) is 21.5 Å². The van der Waals surface area contributed by atoms with E-state index < -0.39 is 17.1 Å². The standard InChI is InChI=1S/C35H30O3Si3/c1-25-26(2)34-32-22-14-13-15-28(32)23-24-33(34)35(27(25)3)41(31-20-11-6-12-21-31)37-39-36-40(38-41,29-16-7-4-8-17-29)30-18-9-5-10-19-30/h4-24H,1-3H3. The molecular weight excluding hydrogens is 553 g/mol. The van der Waals surface area contributed by atoms with Gasteiger partial charge < -0.3 is 12.3 Å². The fourth-order valence-corrected chi connectivity index (χ4v) is 17.9. The van der Waals surface area contributed by atoms with Gasteiger partial charge in [0, 0.05) is 5.19 Å². The Morgan fingerprint density at radius 2 is 0.976 bits per heavy atom. The van der Waals surface area contributed by atoms with E-state index in [1.165, 1.54) is 43.4 Å². The first kappa shape index (κ1) is 26.3. The molecule has 6 aromatic carbocycles. The molecule has 1 aliphatic rings. The van der Waals surface area contributed by atoms with E-state index in [0.29, 0.717) is 0 Å². The van der Waals surface area contributed by atoms with Gasteiger partial charge in [-0.05, 0) is 74.6 Å². The molecule has 41 heavy (non-hydrogen) atoms. The molecule has 1 atom stereocenters. The van der Waals surface area contributed by atoms with Crippen LogP contribution in [0.5, 0.6) is 0 Å². The fraction of sp³-hybridized carbons (Fsp3) is 0.0857. The van der Waals surface area contributed by atoms with Crippen molar-refractivity contribution in [2.45, 2.75) is 20.8 Å². The number of fused-ring (bicyclic) bond motifs is 3. The first-order valence-corrected chi connectivity index (χ1v) is 18.4. The lowest BCUT2D eigenvalue weighted by Crippen LogP contribution is -2.79. The maximum absolute atomic E-state index is 7.74. The lowest BCUT2D eigenvalue weighted by atomic mass is 9.92. The maximum Gasteiger partial charge on any atom is 0.414 e. The summed E-state index contributed by atoms with van der Waals surface area (Å²) >= 11 is 0. The number of hydrogen-bond donors (Lipinski definition) is 0. The topological polar surface area (TPSA) is 27.7 Å². The minimum Gasteiger partial charge on any atom is -0.407 e. The minimum absolute atomic E-state index is 0.152. The molecule has 1 fully saturated rings. The Morgan fingerprint density at radius 3 is 1.59 bits per heavy atom. The second-order valence-corrected chi connectivity index (χ2v) is 18.0. The van der Waals surface area contributed by atoms with Crippen molar-refractivity contribution in [3.8, 4) is 0 Å². The molecule has 200 valence electrons. The summed E-state index contributed by atoms with van der Waals surface area (Å²) in [6.45, 7) is 6.73. The third-order valence-electron chi connectivity index (χ3n) is 8.52. The van der Waals surface area contributed by atoms with Gasteiger partial charge in [0.25, 0.3) is 0 Å². The molecule has 1 saturated heterocycles. The summed E-state index contributed by atoms with van der Waals surface area (Å²) in [6.07, 6.45) is 0. The summed E-state index contributed by atoms with van der Waals surface area (Å²) < 4.78 is 21.5. The molecule has 0 aliphatic carbocycles. The fourth-order valence-electron chi connectivity index (χ4n) is 6.29. The van der Waals surface area contributed by atoms with E-state index in [9.17, 15) is 0 Å². The van der Waals surface area contributed by atoms with E-state index in [-0.39, 0.29) is 10.0 Å². The number of hydrogen-bond acceptors (Lipinski definition) is 3. The summed E-state index contributed by atoms with van der Waals surface area (Å²) in [5.74, 6) is 0. The normalized spacial score (nSPS) is 18.5. The lowest BCUT2D eigenvalue weighted by molar-refractivity contribution is 0.292. The van der Waals surface area contributed by atoms with Crippen LogP contribution in [0.1, 0.15) is 16.7 Å². The zero-order chi connectivity index (χ0) is 28.0. The highest BCUT2D eigenvalue weighted by Crippen LogP contribution is 2.34. The van der Waals surface area contributed by atoms with Gasteiger partial charge in [0.1, 0.15) is 0 Å². The average Bonchev–Trinajstić information content (AvgIpc) is 3.04. The monoisotopic (exact) mass is 582 g/mol. The van der Waals surface area contributed by atoms with Crippen molar-refractivity contribution in [2.75, 3.05) is 0 Å². The highest BCUT2D eigenvalue weighted by molar-refractivity contribution is 7.08. The van der Waals surface area contributed by atoms with Gasteiger partial charge in [-0.2, -0.15) is 0 Å². The molecule has 6 aromatic rings. The van der Waals surface area contributed by atoms with Crippen LogP contribution in [0.2, 0.25) is 0 Å². The zero-order valence-corrected chi connectivity index (χ0v) is 26.3. The molecule has 0 N–H and O–H groups in total. The quantitative estimate of drug-likeness (QED) is 0.208. The largest absolute Gasteiger partial charge is 0.414 e. The highest BCUT2D eigenvalue weighted by Gasteiger charge is 2.59. The number of benzene rings is 6. The minimum atomic E-state index is -3.34. The maximum atomic E-state index is 7.74. The third-order valence-corrected chi connectivity index (χ3v) is 18.4. The van der Waals surface area contributed by atoms with Gasteiger partial charge in [0.05, 0.1) is 0 Å². The van der Waals surface area contributed by atoms with Crippen molar-refractivity contribution in [3.63, 3.8) is 0 Å². The van der Waals surface area contributed by atoms with Gasteiger partial charge in [0.2, 0.25) is 0 Å². The van der Waals surface area contributed by atoms with Crippen LogP contribution in [-0.4, -0.2) is 27.1 Å². The molecule has 1 heterocycles. The van der Waals surface area contributed by atoms with Gasteiger partial charge in [-0.3, -0.25) is 0 Å². The SMILES string of the molecule is Cc1c(C)c(C)c2c(ccc3ccccc32)c1[Si]1(c2ccccc2)O[Si]O[Si](c2ccccc2)(c2ccccc2)O1. The van der Waals surface area contributed by atoms with Crippen LogP contribution in [-0.2, 0) is 12.3 Å². The van der Waals surface area contributed by atoms with Crippen LogP contribution in [0.3, 0.4) is 0 Å². The van der Waals surface area contributed by atoms with E-state index in [4.69, 9.17) is 12.3 Å². The van der Waals surface area contributed by atoms with Crippen LogP contribution in [0.4, 0.5) is 0 Å². The molecule has 0 bridgehead atoms. The van der Waals surface area contributed by atoms with Gasteiger partial charge in [-0.1, -0.05) is 127 Å². The highest BCUT2D eigenvalue weighted by atomic mass is 28.5. The summed E-state index contributed by atoms with van der Waals surface area (Å²) in [5, 5.41) is 9.44. The first-order valence-electron chi connectivity index (χ1n) is 13.9. The van der Waals surface area contributed by atoms with Crippen molar-refractivity contribution >= 4 is 69.4 Å². The van der Waals surface area contributed by atoms with Crippen molar-refractivity contribution in [3.05, 3.63) is 144 Å². The van der Waals surface area contributed by atoms with E-state index in [0.717, 1.165) is 15.6 Å². The Hall–Kier alpha value is -3.63. The van der Waals surface area contributed by atoms with Gasteiger partial charge in [-0.15, -0.1) is 0 Å². The van der Waals surface area contributed by atoms with E-state index >= 15 is 0 Å². The Morgan fingerprint density at radius 1 is 0.463 bits per heavy atom. The molecule has 1 aliphatic heterocycles. The molecular formula is C35H30O3Si3. The Labute approximate surface area is 245 Å².